The van der Waals surface area contributed by atoms with E-state index in [1.54, 1.807) is 0 Å². The number of hydrogen-bond acceptors (Lipinski definition) is 7. The lowest BCUT2D eigenvalue weighted by Crippen LogP contribution is -2.22. The van der Waals surface area contributed by atoms with E-state index in [9.17, 15) is 30.1 Å². The van der Waals surface area contributed by atoms with Gasteiger partial charge in [-0.2, -0.15) is 0 Å². The lowest BCUT2D eigenvalue weighted by Gasteiger charge is -2.07. The number of carbonyl (C=O) groups excluding carboxylic acids is 1. The molecule has 102 valence electrons. The highest BCUT2D eigenvalue weighted by molar-refractivity contribution is 5.66. The number of benzene rings is 1. The van der Waals surface area contributed by atoms with Gasteiger partial charge in [0.25, 0.3) is 11.4 Å². The lowest BCUT2D eigenvalue weighted by molar-refractivity contribution is -0.393. The SMILES string of the molecule is O=C([O-])CCCNc1ccc([N+](=O)[O-])cc1[N+](=O)[O-]. The van der Waals surface area contributed by atoms with E-state index >= 15 is 0 Å². The van der Waals surface area contributed by atoms with Crippen LogP contribution in [0.3, 0.4) is 0 Å². The van der Waals surface area contributed by atoms with Crippen molar-refractivity contribution in [1.29, 1.82) is 0 Å². The second-order valence-electron chi connectivity index (χ2n) is 3.62. The topological polar surface area (TPSA) is 138 Å². The maximum Gasteiger partial charge on any atom is 0.299 e. The van der Waals surface area contributed by atoms with Crippen molar-refractivity contribution in [2.24, 2.45) is 0 Å². The average molecular weight is 268 g/mol. The van der Waals surface area contributed by atoms with E-state index in [0.717, 1.165) is 12.1 Å². The Morgan fingerprint density at radius 3 is 2.42 bits per heavy atom. The molecule has 0 aromatic heterocycles. The van der Waals surface area contributed by atoms with Gasteiger partial charge in [0.2, 0.25) is 0 Å². The number of carboxylic acid groups (broad SMARTS) is 1. The van der Waals surface area contributed by atoms with Crippen molar-refractivity contribution in [2.45, 2.75) is 12.8 Å². The lowest BCUT2D eigenvalue weighted by atomic mass is 10.2. The van der Waals surface area contributed by atoms with Crippen LogP contribution in [0, 0.1) is 20.2 Å². The molecule has 1 N–H and O–H groups in total. The summed E-state index contributed by atoms with van der Waals surface area (Å²) in [5.74, 6) is -1.21. The van der Waals surface area contributed by atoms with Crippen molar-refractivity contribution in [3.63, 3.8) is 0 Å². The molecule has 19 heavy (non-hydrogen) atoms. The van der Waals surface area contributed by atoms with Crippen LogP contribution in [0.25, 0.3) is 0 Å². The van der Waals surface area contributed by atoms with Gasteiger partial charge >= 0.3 is 0 Å². The van der Waals surface area contributed by atoms with Crippen molar-refractivity contribution in [1.82, 2.24) is 0 Å². The van der Waals surface area contributed by atoms with Crippen molar-refractivity contribution < 1.29 is 19.7 Å². The van der Waals surface area contributed by atoms with Crippen molar-refractivity contribution in [2.75, 3.05) is 11.9 Å². The molecule has 0 unspecified atom stereocenters. The summed E-state index contributed by atoms with van der Waals surface area (Å²) in [5, 5.41) is 34.1. The molecule has 0 saturated heterocycles. The fourth-order valence-electron chi connectivity index (χ4n) is 1.39. The molecule has 0 atom stereocenters. The number of aliphatic carboxylic acids is 1. The molecule has 1 rings (SSSR count). The average Bonchev–Trinajstić information content (AvgIpc) is 2.34. The molecule has 0 heterocycles. The van der Waals surface area contributed by atoms with E-state index in [4.69, 9.17) is 0 Å². The number of nitro benzene ring substituents is 2. The number of non-ortho nitro benzene ring substituents is 1. The molecule has 1 aromatic carbocycles. The zero-order valence-electron chi connectivity index (χ0n) is 9.70. The van der Waals surface area contributed by atoms with Gasteiger partial charge in [-0.05, 0) is 18.9 Å². The minimum absolute atomic E-state index is 0.106. The number of nitro groups is 2. The summed E-state index contributed by atoms with van der Waals surface area (Å²) in [6, 6.07) is 3.20. The molecule has 0 saturated carbocycles. The molecule has 0 aliphatic heterocycles. The summed E-state index contributed by atoms with van der Waals surface area (Å²) in [4.78, 5) is 30.0. The van der Waals surface area contributed by atoms with Crippen LogP contribution in [-0.2, 0) is 4.79 Å². The van der Waals surface area contributed by atoms with E-state index in [1.165, 1.54) is 6.07 Å². The van der Waals surface area contributed by atoms with Crippen LogP contribution in [0.15, 0.2) is 18.2 Å². The van der Waals surface area contributed by atoms with Crippen LogP contribution in [0.1, 0.15) is 12.8 Å². The third-order valence-corrected chi connectivity index (χ3v) is 2.26. The van der Waals surface area contributed by atoms with E-state index < -0.39 is 21.5 Å². The molecule has 0 spiro atoms. The molecular formula is C10H10N3O6-. The van der Waals surface area contributed by atoms with Crippen LogP contribution in [0.5, 0.6) is 0 Å². The van der Waals surface area contributed by atoms with E-state index in [0.29, 0.717) is 0 Å². The van der Waals surface area contributed by atoms with Gasteiger partial charge < -0.3 is 15.2 Å². The highest BCUT2D eigenvalue weighted by Crippen LogP contribution is 2.28. The molecule has 0 bridgehead atoms. The number of rotatable bonds is 7. The van der Waals surface area contributed by atoms with Gasteiger partial charge in [0.15, 0.2) is 0 Å². The Morgan fingerprint density at radius 1 is 1.21 bits per heavy atom. The van der Waals surface area contributed by atoms with Gasteiger partial charge in [-0.15, -0.1) is 0 Å². The third kappa shape index (κ3) is 4.22. The molecule has 0 radical (unpaired) electrons. The first kappa shape index (κ1) is 14.4. The van der Waals surface area contributed by atoms with Gasteiger partial charge in [0, 0.05) is 18.6 Å². The molecule has 1 aromatic rings. The Bertz CT molecular complexity index is 516. The van der Waals surface area contributed by atoms with Gasteiger partial charge in [-0.3, -0.25) is 20.2 Å². The van der Waals surface area contributed by atoms with Gasteiger partial charge in [-0.25, -0.2) is 0 Å². The Balaban J connectivity index is 2.79. The smallest absolute Gasteiger partial charge is 0.299 e. The summed E-state index contributed by atoms with van der Waals surface area (Å²) in [5.41, 5.74) is -0.705. The summed E-state index contributed by atoms with van der Waals surface area (Å²) >= 11 is 0. The number of carbonyl (C=O) groups is 1. The summed E-state index contributed by atoms with van der Waals surface area (Å²) in [7, 11) is 0. The van der Waals surface area contributed by atoms with Crippen molar-refractivity contribution >= 4 is 23.0 Å². The minimum Gasteiger partial charge on any atom is -0.550 e. The number of hydrogen-bond donors (Lipinski definition) is 1. The highest BCUT2D eigenvalue weighted by atomic mass is 16.6. The van der Waals surface area contributed by atoms with Crippen LogP contribution in [-0.4, -0.2) is 22.4 Å². The summed E-state index contributed by atoms with van der Waals surface area (Å²) in [6.07, 6.45) is 0.0598. The van der Waals surface area contributed by atoms with Crippen LogP contribution >= 0.6 is 0 Å². The predicted octanol–water partition coefficient (Wildman–Crippen LogP) is 0.445. The molecule has 0 aliphatic carbocycles. The maximum atomic E-state index is 10.8. The zero-order valence-corrected chi connectivity index (χ0v) is 9.70. The van der Waals surface area contributed by atoms with Gasteiger partial charge in [-0.1, -0.05) is 0 Å². The zero-order chi connectivity index (χ0) is 14.4. The Kier molecular flexibility index (Phi) is 4.75. The summed E-state index contributed by atoms with van der Waals surface area (Å²) < 4.78 is 0. The molecular weight excluding hydrogens is 258 g/mol. The predicted molar refractivity (Wildman–Crippen MR) is 62.5 cm³/mol. The van der Waals surface area contributed by atoms with Crippen LogP contribution in [0.2, 0.25) is 0 Å². The normalized spacial score (nSPS) is 9.89. The number of nitrogens with zero attached hydrogens (tertiary/aromatic N) is 2. The molecule has 9 heteroatoms. The first-order chi connectivity index (χ1) is 8.91. The first-order valence-corrected chi connectivity index (χ1v) is 5.28. The van der Waals surface area contributed by atoms with Crippen molar-refractivity contribution in [3.05, 3.63) is 38.4 Å². The fraction of sp³-hybridized carbons (Fsp3) is 0.300. The largest absolute Gasteiger partial charge is 0.550 e. The van der Waals surface area contributed by atoms with Crippen LogP contribution < -0.4 is 10.4 Å². The van der Waals surface area contributed by atoms with E-state index in [1.807, 2.05) is 0 Å². The second-order valence-corrected chi connectivity index (χ2v) is 3.62. The molecule has 0 fully saturated rings. The maximum absolute atomic E-state index is 10.8. The van der Waals surface area contributed by atoms with E-state index in [2.05, 4.69) is 5.32 Å². The quantitative estimate of drug-likeness (QED) is 0.430. The van der Waals surface area contributed by atoms with Crippen LogP contribution in [0.4, 0.5) is 17.1 Å². The Morgan fingerprint density at radius 2 is 1.89 bits per heavy atom. The molecule has 0 aliphatic rings. The van der Waals surface area contributed by atoms with Gasteiger partial charge in [0.05, 0.1) is 15.9 Å². The second kappa shape index (κ2) is 6.28. The molecule has 0 amide bonds. The minimum atomic E-state index is -1.21. The number of nitrogens with one attached hydrogen (secondary N) is 1. The number of carboxylic acids is 1. The monoisotopic (exact) mass is 268 g/mol. The Labute approximate surface area is 107 Å². The Hall–Kier alpha value is -2.71. The van der Waals surface area contributed by atoms with Gasteiger partial charge in [0.1, 0.15) is 5.69 Å². The fourth-order valence-corrected chi connectivity index (χ4v) is 1.39. The first-order valence-electron chi connectivity index (χ1n) is 5.28. The number of anilines is 1. The standard InChI is InChI=1S/C10H11N3O6/c14-10(15)2-1-5-11-8-4-3-7(12(16)17)6-9(8)13(18)19/h3-4,6,11H,1-2,5H2,(H,14,15)/p-1. The third-order valence-electron chi connectivity index (χ3n) is 2.26. The summed E-state index contributed by atoms with van der Waals surface area (Å²) in [6.45, 7) is 0.187. The van der Waals surface area contributed by atoms with Crippen molar-refractivity contribution in [3.8, 4) is 0 Å². The highest BCUT2D eigenvalue weighted by Gasteiger charge is 2.18. The molecule has 9 nitrogen and oxygen atoms in total. The van der Waals surface area contributed by atoms with E-state index in [-0.39, 0.29) is 30.8 Å².